The lowest BCUT2D eigenvalue weighted by molar-refractivity contribution is -0.152. The molecule has 0 aliphatic carbocycles. The summed E-state index contributed by atoms with van der Waals surface area (Å²) < 4.78 is 4.38. The molecule has 0 unspecified atom stereocenters. The second kappa shape index (κ2) is 5.42. The van der Waals surface area contributed by atoms with Gasteiger partial charge in [0.1, 0.15) is 0 Å². The summed E-state index contributed by atoms with van der Waals surface area (Å²) >= 11 is 0. The molecule has 16 heavy (non-hydrogen) atoms. The van der Waals surface area contributed by atoms with E-state index >= 15 is 0 Å². The van der Waals surface area contributed by atoms with Gasteiger partial charge >= 0.3 is 5.97 Å². The Labute approximate surface area is 93.9 Å². The normalized spacial score (nSPS) is 13.9. The van der Waals surface area contributed by atoms with Crippen molar-refractivity contribution in [1.82, 2.24) is 0 Å². The molecule has 86 valence electrons. The SMILES string of the molecule is COC(=O)[C@@H](O)[C@H](C)C(=O)c1ccccc1. The highest BCUT2D eigenvalue weighted by molar-refractivity contribution is 6.00. The quantitative estimate of drug-likeness (QED) is 0.610. The number of methoxy groups -OCH3 is 1. The minimum Gasteiger partial charge on any atom is -0.467 e. The zero-order valence-electron chi connectivity index (χ0n) is 9.21. The Bertz CT molecular complexity index is 372. The molecule has 0 fully saturated rings. The van der Waals surface area contributed by atoms with Crippen LogP contribution in [0.1, 0.15) is 17.3 Å². The first-order valence-electron chi connectivity index (χ1n) is 4.93. The molecule has 4 nitrogen and oxygen atoms in total. The summed E-state index contributed by atoms with van der Waals surface area (Å²) in [6, 6.07) is 8.53. The van der Waals surface area contributed by atoms with Crippen molar-refractivity contribution in [2.45, 2.75) is 13.0 Å². The van der Waals surface area contributed by atoms with Crippen LogP contribution in [0.4, 0.5) is 0 Å². The maximum Gasteiger partial charge on any atom is 0.335 e. The smallest absolute Gasteiger partial charge is 0.335 e. The second-order valence-electron chi connectivity index (χ2n) is 3.49. The fourth-order valence-electron chi connectivity index (χ4n) is 1.33. The summed E-state index contributed by atoms with van der Waals surface area (Å²) in [5, 5.41) is 9.52. The zero-order chi connectivity index (χ0) is 12.1. The van der Waals surface area contributed by atoms with Crippen LogP contribution in [0.15, 0.2) is 30.3 Å². The Morgan fingerprint density at radius 3 is 2.31 bits per heavy atom. The van der Waals surface area contributed by atoms with E-state index in [1.54, 1.807) is 30.3 Å². The molecule has 0 heterocycles. The van der Waals surface area contributed by atoms with Gasteiger partial charge in [-0.3, -0.25) is 4.79 Å². The molecule has 1 rings (SSSR count). The fourth-order valence-corrected chi connectivity index (χ4v) is 1.33. The minimum atomic E-state index is -1.42. The minimum absolute atomic E-state index is 0.279. The van der Waals surface area contributed by atoms with Crippen LogP contribution in [0.5, 0.6) is 0 Å². The molecule has 0 saturated heterocycles. The molecule has 1 N–H and O–H groups in total. The van der Waals surface area contributed by atoms with Gasteiger partial charge in [-0.25, -0.2) is 4.79 Å². The number of hydrogen-bond acceptors (Lipinski definition) is 4. The van der Waals surface area contributed by atoms with Crippen molar-refractivity contribution in [3.05, 3.63) is 35.9 Å². The van der Waals surface area contributed by atoms with Crippen molar-refractivity contribution in [3.63, 3.8) is 0 Å². The summed E-state index contributed by atoms with van der Waals surface area (Å²) in [6.45, 7) is 1.50. The number of ether oxygens (including phenoxy) is 1. The molecule has 0 amide bonds. The molecule has 0 radical (unpaired) electrons. The van der Waals surface area contributed by atoms with Gasteiger partial charge in [0.15, 0.2) is 11.9 Å². The second-order valence-corrected chi connectivity index (χ2v) is 3.49. The van der Waals surface area contributed by atoms with Crippen LogP contribution in [0, 0.1) is 5.92 Å². The molecule has 0 aliphatic heterocycles. The number of aliphatic hydroxyl groups is 1. The number of aliphatic hydroxyl groups excluding tert-OH is 1. The van der Waals surface area contributed by atoms with Crippen molar-refractivity contribution in [3.8, 4) is 0 Å². The van der Waals surface area contributed by atoms with Gasteiger partial charge in [0.05, 0.1) is 13.0 Å². The first-order chi connectivity index (χ1) is 7.57. The number of ketones is 1. The maximum absolute atomic E-state index is 11.8. The van der Waals surface area contributed by atoms with E-state index in [9.17, 15) is 14.7 Å². The Hall–Kier alpha value is -1.68. The first-order valence-corrected chi connectivity index (χ1v) is 4.93. The van der Waals surface area contributed by atoms with Gasteiger partial charge in [0.25, 0.3) is 0 Å². The van der Waals surface area contributed by atoms with Crippen LogP contribution in [0.3, 0.4) is 0 Å². The molecule has 0 bridgehead atoms. The van der Waals surface area contributed by atoms with E-state index in [0.29, 0.717) is 5.56 Å². The van der Waals surface area contributed by atoms with E-state index in [1.807, 2.05) is 0 Å². The van der Waals surface area contributed by atoms with Crippen LogP contribution < -0.4 is 0 Å². The molecule has 1 aromatic rings. The topological polar surface area (TPSA) is 63.6 Å². The van der Waals surface area contributed by atoms with Crippen molar-refractivity contribution in [2.75, 3.05) is 7.11 Å². The third-order valence-corrected chi connectivity index (χ3v) is 2.39. The van der Waals surface area contributed by atoms with Crippen LogP contribution in [-0.2, 0) is 9.53 Å². The van der Waals surface area contributed by atoms with Gasteiger partial charge in [0, 0.05) is 5.56 Å². The highest BCUT2D eigenvalue weighted by Gasteiger charge is 2.29. The Balaban J connectivity index is 2.79. The number of benzene rings is 1. The van der Waals surface area contributed by atoms with Gasteiger partial charge in [-0.05, 0) is 0 Å². The molecule has 1 aromatic carbocycles. The Morgan fingerprint density at radius 2 is 1.81 bits per heavy atom. The van der Waals surface area contributed by atoms with Gasteiger partial charge in [-0.2, -0.15) is 0 Å². The third-order valence-electron chi connectivity index (χ3n) is 2.39. The summed E-state index contributed by atoms with van der Waals surface area (Å²) in [4.78, 5) is 22.9. The first kappa shape index (κ1) is 12.4. The molecule has 2 atom stereocenters. The summed E-state index contributed by atoms with van der Waals surface area (Å²) in [6.07, 6.45) is -1.42. The van der Waals surface area contributed by atoms with Gasteiger partial charge in [-0.15, -0.1) is 0 Å². The largest absolute Gasteiger partial charge is 0.467 e. The standard InChI is InChI=1S/C12H14O4/c1-8(11(14)12(15)16-2)10(13)9-6-4-3-5-7-9/h3-8,11,14H,1-2H3/t8-,11+/m1/s1. The van der Waals surface area contributed by atoms with Crippen molar-refractivity contribution in [2.24, 2.45) is 5.92 Å². The van der Waals surface area contributed by atoms with E-state index < -0.39 is 18.0 Å². The molecule has 0 saturated carbocycles. The van der Waals surface area contributed by atoms with Crippen LogP contribution in [-0.4, -0.2) is 30.1 Å². The monoisotopic (exact) mass is 222 g/mol. The predicted molar refractivity (Wildman–Crippen MR) is 58.0 cm³/mol. The van der Waals surface area contributed by atoms with Crippen molar-refractivity contribution < 1.29 is 19.4 Å². The van der Waals surface area contributed by atoms with Gasteiger partial charge in [-0.1, -0.05) is 37.3 Å². The van der Waals surface area contributed by atoms with E-state index in [4.69, 9.17) is 0 Å². The average Bonchev–Trinajstić information content (AvgIpc) is 2.36. The zero-order valence-corrected chi connectivity index (χ0v) is 9.21. The summed E-state index contributed by atoms with van der Waals surface area (Å²) in [5.41, 5.74) is 0.470. The van der Waals surface area contributed by atoms with Crippen molar-refractivity contribution in [1.29, 1.82) is 0 Å². The lowest BCUT2D eigenvalue weighted by atomic mass is 9.94. The molecule has 0 aromatic heterocycles. The van der Waals surface area contributed by atoms with Crippen LogP contribution in [0.25, 0.3) is 0 Å². The number of carbonyl (C=O) groups excluding carboxylic acids is 2. The lowest BCUT2D eigenvalue weighted by Crippen LogP contribution is -2.33. The van der Waals surface area contributed by atoms with Gasteiger partial charge < -0.3 is 9.84 Å². The summed E-state index contributed by atoms with van der Waals surface area (Å²) in [5.74, 6) is -1.88. The van der Waals surface area contributed by atoms with E-state index in [2.05, 4.69) is 4.74 Å². The highest BCUT2D eigenvalue weighted by Crippen LogP contribution is 2.13. The maximum atomic E-state index is 11.8. The molecule has 4 heteroatoms. The number of hydrogen-bond donors (Lipinski definition) is 1. The van der Waals surface area contributed by atoms with E-state index in [-0.39, 0.29) is 5.78 Å². The summed E-state index contributed by atoms with van der Waals surface area (Å²) in [7, 11) is 1.17. The average molecular weight is 222 g/mol. The molecule has 0 spiro atoms. The van der Waals surface area contributed by atoms with E-state index in [1.165, 1.54) is 14.0 Å². The van der Waals surface area contributed by atoms with Crippen LogP contribution in [0.2, 0.25) is 0 Å². The van der Waals surface area contributed by atoms with E-state index in [0.717, 1.165) is 0 Å². The number of carbonyl (C=O) groups is 2. The number of rotatable bonds is 4. The van der Waals surface area contributed by atoms with Gasteiger partial charge in [0.2, 0.25) is 0 Å². The number of Topliss-reactive ketones (excluding diaryl/α,β-unsaturated/α-hetero) is 1. The molecule has 0 aliphatic rings. The number of esters is 1. The molecular formula is C12H14O4. The lowest BCUT2D eigenvalue weighted by Gasteiger charge is -2.15. The highest BCUT2D eigenvalue weighted by atomic mass is 16.5. The fraction of sp³-hybridized carbons (Fsp3) is 0.333. The Kier molecular flexibility index (Phi) is 4.19. The molecular weight excluding hydrogens is 208 g/mol. The Morgan fingerprint density at radius 1 is 1.25 bits per heavy atom. The van der Waals surface area contributed by atoms with Crippen LogP contribution >= 0.6 is 0 Å². The predicted octanol–water partition coefficient (Wildman–Crippen LogP) is 1.04. The third kappa shape index (κ3) is 2.67. The van der Waals surface area contributed by atoms with Crippen molar-refractivity contribution >= 4 is 11.8 Å².